The first-order valence-electron chi connectivity index (χ1n) is 5.29. The second-order valence-electron chi connectivity index (χ2n) is 4.13. The molecule has 1 heterocycles. The van der Waals surface area contributed by atoms with Gasteiger partial charge in [-0.05, 0) is 30.3 Å². The van der Waals surface area contributed by atoms with Crippen LogP contribution in [-0.2, 0) is 13.1 Å². The number of hydrogen-bond acceptors (Lipinski definition) is 2. The van der Waals surface area contributed by atoms with Crippen molar-refractivity contribution in [3.05, 3.63) is 29.3 Å². The summed E-state index contributed by atoms with van der Waals surface area (Å²) in [4.78, 5) is 10.0. The van der Waals surface area contributed by atoms with E-state index in [-0.39, 0.29) is 11.9 Å². The van der Waals surface area contributed by atoms with Crippen molar-refractivity contribution in [2.45, 2.75) is 13.1 Å². The average Bonchev–Trinajstić information content (AvgIpc) is 2.55. The van der Waals surface area contributed by atoms with Crippen molar-refractivity contribution in [1.29, 1.82) is 0 Å². The minimum atomic E-state index is -0.0906. The number of nitrogens with two attached hydrogens (primary N) is 3. The smallest absolute Gasteiger partial charge is 0.223 e. The molecule has 90 valence electrons. The van der Waals surface area contributed by atoms with Crippen molar-refractivity contribution >= 4 is 17.6 Å². The third kappa shape index (κ3) is 2.73. The predicted molar refractivity (Wildman–Crippen MR) is 68.7 cm³/mol. The molecule has 0 amide bonds. The third-order valence-corrected chi connectivity index (χ3v) is 2.56. The summed E-state index contributed by atoms with van der Waals surface area (Å²) in [6, 6.07) is 5.97. The molecule has 17 heavy (non-hydrogen) atoms. The lowest BCUT2D eigenvalue weighted by molar-refractivity contribution is 0.353. The van der Waals surface area contributed by atoms with Gasteiger partial charge in [0.25, 0.3) is 0 Å². The van der Waals surface area contributed by atoms with Crippen LogP contribution in [0.25, 0.3) is 0 Å². The lowest BCUT2D eigenvalue weighted by Crippen LogP contribution is -2.26. The Labute approximate surface area is 99.8 Å². The summed E-state index contributed by atoms with van der Waals surface area (Å²) in [5, 5.41) is 0. The van der Waals surface area contributed by atoms with Crippen LogP contribution in [0.2, 0.25) is 0 Å². The molecule has 1 aliphatic rings. The molecule has 1 aromatic rings. The van der Waals surface area contributed by atoms with E-state index in [1.807, 2.05) is 12.1 Å². The van der Waals surface area contributed by atoms with Gasteiger partial charge < -0.3 is 17.2 Å². The monoisotopic (exact) mass is 232 g/mol. The molecule has 1 aromatic carbocycles. The largest absolute Gasteiger partial charge is 0.370 e. The minimum Gasteiger partial charge on any atom is -0.370 e. The summed E-state index contributed by atoms with van der Waals surface area (Å²) in [5.41, 5.74) is 19.4. The standard InChI is InChI=1S/C11H16N6/c1-17-5-7-2-3-9(4-8(7)6-17)15-11(14)16-10(12)13/h2-4H,5-6H2,1H3,(H6,12,13,14,15,16). The number of fused-ring (bicyclic) bond motifs is 1. The fraction of sp³-hybridized carbons (Fsp3) is 0.273. The number of aliphatic imine (C=N–C) groups is 2. The second kappa shape index (κ2) is 4.42. The van der Waals surface area contributed by atoms with Gasteiger partial charge in [-0.3, -0.25) is 4.90 Å². The van der Waals surface area contributed by atoms with Crippen LogP contribution in [-0.4, -0.2) is 23.9 Å². The van der Waals surface area contributed by atoms with Gasteiger partial charge >= 0.3 is 0 Å². The van der Waals surface area contributed by atoms with Crippen molar-refractivity contribution in [2.24, 2.45) is 27.2 Å². The molecule has 6 heteroatoms. The first kappa shape index (κ1) is 11.4. The Balaban J connectivity index is 2.25. The minimum absolute atomic E-state index is 0.0660. The Bertz CT molecular complexity index is 487. The van der Waals surface area contributed by atoms with E-state index in [0.717, 1.165) is 18.8 Å². The maximum Gasteiger partial charge on any atom is 0.223 e. The number of guanidine groups is 2. The maximum absolute atomic E-state index is 5.57. The molecule has 0 spiro atoms. The molecule has 0 atom stereocenters. The van der Waals surface area contributed by atoms with Gasteiger partial charge in [-0.1, -0.05) is 6.07 Å². The molecular weight excluding hydrogens is 216 g/mol. The Morgan fingerprint density at radius 2 is 1.88 bits per heavy atom. The highest BCUT2D eigenvalue weighted by Crippen LogP contribution is 2.25. The molecule has 6 nitrogen and oxygen atoms in total. The predicted octanol–water partition coefficient (Wildman–Crippen LogP) is -0.148. The summed E-state index contributed by atoms with van der Waals surface area (Å²) in [6.45, 7) is 1.91. The Kier molecular flexibility index (Phi) is 2.97. The van der Waals surface area contributed by atoms with Gasteiger partial charge in [0.15, 0.2) is 5.96 Å². The quantitative estimate of drug-likeness (QED) is 0.462. The summed E-state index contributed by atoms with van der Waals surface area (Å²) in [5.74, 6) is -0.0246. The van der Waals surface area contributed by atoms with E-state index in [0.29, 0.717) is 0 Å². The highest BCUT2D eigenvalue weighted by molar-refractivity contribution is 5.93. The van der Waals surface area contributed by atoms with E-state index < -0.39 is 0 Å². The van der Waals surface area contributed by atoms with E-state index in [1.165, 1.54) is 11.1 Å². The maximum atomic E-state index is 5.57. The van der Waals surface area contributed by atoms with E-state index in [4.69, 9.17) is 17.2 Å². The first-order chi connectivity index (χ1) is 8.04. The average molecular weight is 232 g/mol. The zero-order valence-corrected chi connectivity index (χ0v) is 9.72. The van der Waals surface area contributed by atoms with Crippen LogP contribution in [0.1, 0.15) is 11.1 Å². The lowest BCUT2D eigenvalue weighted by Gasteiger charge is -2.02. The molecule has 6 N–H and O–H groups in total. The molecule has 0 radical (unpaired) electrons. The van der Waals surface area contributed by atoms with Gasteiger partial charge in [-0.15, -0.1) is 0 Å². The molecule has 2 rings (SSSR count). The number of benzene rings is 1. The fourth-order valence-electron chi connectivity index (χ4n) is 1.91. The molecule has 0 fully saturated rings. The van der Waals surface area contributed by atoms with Crippen molar-refractivity contribution in [3.63, 3.8) is 0 Å². The van der Waals surface area contributed by atoms with Gasteiger partial charge in [0, 0.05) is 13.1 Å². The van der Waals surface area contributed by atoms with E-state index in [1.54, 1.807) is 0 Å². The summed E-state index contributed by atoms with van der Waals surface area (Å²) in [7, 11) is 2.08. The molecular formula is C11H16N6. The number of hydrogen-bond donors (Lipinski definition) is 3. The van der Waals surface area contributed by atoms with Crippen LogP contribution in [0.15, 0.2) is 28.2 Å². The van der Waals surface area contributed by atoms with Gasteiger partial charge in [0.05, 0.1) is 5.69 Å². The van der Waals surface area contributed by atoms with Gasteiger partial charge in [-0.25, -0.2) is 4.99 Å². The van der Waals surface area contributed by atoms with Crippen LogP contribution in [0.4, 0.5) is 5.69 Å². The third-order valence-electron chi connectivity index (χ3n) is 2.56. The summed E-state index contributed by atoms with van der Waals surface area (Å²) < 4.78 is 0. The van der Waals surface area contributed by atoms with Crippen LogP contribution in [0.3, 0.4) is 0 Å². The van der Waals surface area contributed by atoms with Crippen molar-refractivity contribution < 1.29 is 0 Å². The zero-order valence-electron chi connectivity index (χ0n) is 9.72. The van der Waals surface area contributed by atoms with Gasteiger partial charge in [-0.2, -0.15) is 4.99 Å². The van der Waals surface area contributed by atoms with Crippen molar-refractivity contribution in [3.8, 4) is 0 Å². The fourth-order valence-corrected chi connectivity index (χ4v) is 1.91. The zero-order chi connectivity index (χ0) is 12.4. The molecule has 1 aliphatic heterocycles. The number of rotatable bonds is 1. The van der Waals surface area contributed by atoms with Crippen molar-refractivity contribution in [2.75, 3.05) is 7.05 Å². The molecule has 0 saturated carbocycles. The summed E-state index contributed by atoms with van der Waals surface area (Å²) in [6.07, 6.45) is 0. The topological polar surface area (TPSA) is 106 Å². The van der Waals surface area contributed by atoms with E-state index >= 15 is 0 Å². The Hall–Kier alpha value is -2.08. The van der Waals surface area contributed by atoms with Crippen LogP contribution in [0, 0.1) is 0 Å². The van der Waals surface area contributed by atoms with Crippen molar-refractivity contribution in [1.82, 2.24) is 4.90 Å². The van der Waals surface area contributed by atoms with Crippen LogP contribution >= 0.6 is 0 Å². The van der Waals surface area contributed by atoms with Gasteiger partial charge in [0.1, 0.15) is 0 Å². The SMILES string of the molecule is CN1Cc2ccc(N=C(N)N=C(N)N)cc2C1. The Morgan fingerprint density at radius 3 is 2.59 bits per heavy atom. The van der Waals surface area contributed by atoms with E-state index in [9.17, 15) is 0 Å². The first-order valence-corrected chi connectivity index (χ1v) is 5.29. The lowest BCUT2D eigenvalue weighted by atomic mass is 10.1. The van der Waals surface area contributed by atoms with Gasteiger partial charge in [0.2, 0.25) is 5.96 Å². The molecule has 0 bridgehead atoms. The second-order valence-corrected chi connectivity index (χ2v) is 4.13. The van der Waals surface area contributed by atoms with Crippen LogP contribution < -0.4 is 17.2 Å². The molecule has 0 aliphatic carbocycles. The normalized spacial score (nSPS) is 15.7. The summed E-state index contributed by atoms with van der Waals surface area (Å²) >= 11 is 0. The molecule has 0 saturated heterocycles. The van der Waals surface area contributed by atoms with E-state index in [2.05, 4.69) is 28.0 Å². The highest BCUT2D eigenvalue weighted by atomic mass is 15.1. The molecule has 0 aromatic heterocycles. The highest BCUT2D eigenvalue weighted by Gasteiger charge is 2.15. The number of nitrogens with zero attached hydrogens (tertiary/aromatic N) is 3. The van der Waals surface area contributed by atoms with Crippen LogP contribution in [0.5, 0.6) is 0 Å². The Morgan fingerprint density at radius 1 is 1.18 bits per heavy atom. The molecule has 0 unspecified atom stereocenters.